The topological polar surface area (TPSA) is 174 Å². The number of rotatable bonds is 15. The van der Waals surface area contributed by atoms with Crippen LogP contribution in [0.1, 0.15) is 145 Å². The summed E-state index contributed by atoms with van der Waals surface area (Å²) in [5.41, 5.74) is -2.76. The Hall–Kier alpha value is -3.00. The fourth-order valence-electron chi connectivity index (χ4n) is 12.1. The van der Waals surface area contributed by atoms with E-state index in [0.717, 1.165) is 77.3 Å². The van der Waals surface area contributed by atoms with E-state index in [2.05, 4.69) is 46.0 Å². The number of nitrogens with zero attached hydrogens (tertiary/aromatic N) is 2. The van der Waals surface area contributed by atoms with Crippen molar-refractivity contribution in [3.8, 4) is 0 Å². The van der Waals surface area contributed by atoms with E-state index in [-0.39, 0.29) is 52.3 Å². The number of likely N-dealkylation sites (tertiary alicyclic amines) is 2. The van der Waals surface area contributed by atoms with Crippen molar-refractivity contribution in [2.75, 3.05) is 19.6 Å². The van der Waals surface area contributed by atoms with E-state index >= 15 is 4.79 Å². The number of carbonyl (C=O) groups excluding carboxylic acids is 5. The number of hydrogen-bond donors (Lipinski definition) is 4. The van der Waals surface area contributed by atoms with E-state index < -0.39 is 62.1 Å². The smallest absolute Gasteiger partial charge is 0.259 e. The number of carbonyl (C=O) groups is 5. The van der Waals surface area contributed by atoms with Crippen molar-refractivity contribution < 1.29 is 32.4 Å². The van der Waals surface area contributed by atoms with Crippen molar-refractivity contribution in [1.82, 2.24) is 30.5 Å². The molecule has 0 radical (unpaired) electrons. The van der Waals surface area contributed by atoms with Crippen LogP contribution in [0.5, 0.6) is 0 Å². The predicted octanol–water partition coefficient (Wildman–Crippen LogP) is 4.56. The first-order valence-corrected chi connectivity index (χ1v) is 23.9. The van der Waals surface area contributed by atoms with Gasteiger partial charge in [0.1, 0.15) is 23.7 Å². The lowest BCUT2D eigenvalue weighted by Crippen LogP contribution is -2.63. The fraction of sp³-hybridized carbons (Fsp3) is 0.841. The number of likely N-dealkylation sites (N-methyl/N-ethyl adjacent to an activating group) is 1. The molecule has 4 aliphatic carbocycles. The molecule has 4 saturated carbocycles. The average molecular weight is 829 g/mol. The van der Waals surface area contributed by atoms with Gasteiger partial charge in [-0.3, -0.25) is 33.6 Å². The Morgan fingerprint density at radius 3 is 2.02 bits per heavy atom. The Morgan fingerprint density at radius 1 is 0.845 bits per heavy atom. The summed E-state index contributed by atoms with van der Waals surface area (Å²) in [6.45, 7) is 21.5. The maximum Gasteiger partial charge on any atom is 0.259 e. The van der Waals surface area contributed by atoms with E-state index in [9.17, 15) is 27.6 Å². The summed E-state index contributed by atoms with van der Waals surface area (Å²) in [6, 6.07) is -3.05. The van der Waals surface area contributed by atoms with Gasteiger partial charge in [-0.25, -0.2) is 8.42 Å². The maximum absolute atomic E-state index is 15.2. The lowest BCUT2D eigenvalue weighted by molar-refractivity contribution is -0.145. The number of hydrogen-bond acceptors (Lipinski definition) is 8. The molecule has 6 aliphatic rings. The van der Waals surface area contributed by atoms with E-state index in [1.165, 1.54) is 0 Å². The van der Waals surface area contributed by atoms with Gasteiger partial charge >= 0.3 is 0 Å². The van der Waals surface area contributed by atoms with Gasteiger partial charge in [0, 0.05) is 17.9 Å². The molecule has 0 bridgehead atoms. The molecule has 6 rings (SSSR count). The van der Waals surface area contributed by atoms with E-state index in [4.69, 9.17) is 0 Å². The lowest BCUT2D eigenvalue weighted by atomic mass is 9.73. The Labute approximate surface area is 347 Å². The summed E-state index contributed by atoms with van der Waals surface area (Å²) >= 11 is 0. The third-order valence-corrected chi connectivity index (χ3v) is 18.2. The minimum Gasteiger partial charge on any atom is -0.343 e. The molecule has 0 unspecified atom stereocenters. The molecule has 6 fully saturated rings. The molecule has 5 amide bonds. The third-order valence-electron chi connectivity index (χ3n) is 16.2. The average Bonchev–Trinajstić information content (AvgIpc) is 3.67. The van der Waals surface area contributed by atoms with Gasteiger partial charge in [0.15, 0.2) is 0 Å². The fourth-order valence-corrected chi connectivity index (χ4v) is 13.6. The molecule has 4 N–H and O–H groups in total. The molecule has 13 nitrogen and oxygen atoms in total. The Morgan fingerprint density at radius 2 is 1.50 bits per heavy atom. The van der Waals surface area contributed by atoms with Gasteiger partial charge < -0.3 is 20.9 Å². The van der Waals surface area contributed by atoms with Gasteiger partial charge in [0.2, 0.25) is 33.7 Å². The van der Waals surface area contributed by atoms with E-state index in [0.29, 0.717) is 25.8 Å². The quantitative estimate of drug-likeness (QED) is 0.174. The zero-order valence-corrected chi connectivity index (χ0v) is 37.3. The number of nitrogens with one attached hydrogen (secondary N) is 4. The van der Waals surface area contributed by atoms with Crippen LogP contribution in [0, 0.1) is 33.5 Å². The summed E-state index contributed by atoms with van der Waals surface area (Å²) in [5, 5.41) is 8.50. The van der Waals surface area contributed by atoms with Crippen LogP contribution in [0.2, 0.25) is 0 Å². The van der Waals surface area contributed by atoms with Crippen LogP contribution in [0.25, 0.3) is 0 Å². The molecule has 326 valence electrons. The largest absolute Gasteiger partial charge is 0.343 e. The van der Waals surface area contributed by atoms with Crippen LogP contribution in [0.3, 0.4) is 0 Å². The van der Waals surface area contributed by atoms with Gasteiger partial charge in [-0.2, -0.15) is 0 Å². The Balaban J connectivity index is 1.28. The molecule has 0 aromatic rings. The minimum absolute atomic E-state index is 0.0152. The first-order valence-electron chi connectivity index (χ1n) is 22.4. The van der Waals surface area contributed by atoms with Gasteiger partial charge in [-0.05, 0) is 99.5 Å². The van der Waals surface area contributed by atoms with E-state index in [1.54, 1.807) is 24.8 Å². The highest BCUT2D eigenvalue weighted by Crippen LogP contribution is 2.88. The zero-order valence-electron chi connectivity index (χ0n) is 36.5. The summed E-state index contributed by atoms with van der Waals surface area (Å²) in [7, 11) is -4.00. The molecule has 2 spiro atoms. The van der Waals surface area contributed by atoms with Crippen LogP contribution in [-0.2, 0) is 34.0 Å². The summed E-state index contributed by atoms with van der Waals surface area (Å²) in [6.07, 6.45) is 12.2. The third kappa shape index (κ3) is 7.42. The van der Waals surface area contributed by atoms with Crippen LogP contribution in [0.15, 0.2) is 12.7 Å². The van der Waals surface area contributed by atoms with Crippen molar-refractivity contribution in [2.45, 2.75) is 180 Å². The number of amides is 5. The monoisotopic (exact) mass is 829 g/mol. The second-order valence-corrected chi connectivity index (χ2v) is 22.2. The van der Waals surface area contributed by atoms with E-state index in [1.807, 2.05) is 27.7 Å². The van der Waals surface area contributed by atoms with Crippen LogP contribution in [-0.4, -0.2) is 102 Å². The highest BCUT2D eigenvalue weighted by atomic mass is 32.2. The molecule has 7 atom stereocenters. The molecule has 58 heavy (non-hydrogen) atoms. The Bertz CT molecular complexity index is 1750. The molecular formula is C44H72N6O7S. The molecular weight excluding hydrogens is 757 g/mol. The molecule has 14 heteroatoms. The van der Waals surface area contributed by atoms with Gasteiger partial charge in [0.05, 0.1) is 11.3 Å². The summed E-state index contributed by atoms with van der Waals surface area (Å²) < 4.78 is 28.7. The van der Waals surface area contributed by atoms with Crippen molar-refractivity contribution in [1.29, 1.82) is 0 Å². The van der Waals surface area contributed by atoms with Crippen molar-refractivity contribution in [2.24, 2.45) is 33.5 Å². The minimum atomic E-state index is -4.00. The van der Waals surface area contributed by atoms with Gasteiger partial charge in [0.25, 0.3) is 5.91 Å². The second kappa shape index (κ2) is 16.1. The normalized spacial score (nSPS) is 31.3. The van der Waals surface area contributed by atoms with Crippen LogP contribution >= 0.6 is 0 Å². The zero-order chi connectivity index (χ0) is 42.6. The SMILES string of the molecule is C=C[C@@H]1C[C@]1(NC(=O)[C@@H]1C[C@@]2(CN1C(=O)[C@@H](NC(=O)[C@@H](NC(=O)[C@@H]1CCCN1CC)C1CCCCC1)C(C)(C)C)C(C)(C)C21CCC1)C(=O)NS(=O)(=O)C(CC)CC. The lowest BCUT2D eigenvalue weighted by Gasteiger charge is -2.38. The van der Waals surface area contributed by atoms with Crippen molar-refractivity contribution in [3.63, 3.8) is 0 Å². The summed E-state index contributed by atoms with van der Waals surface area (Å²) in [5.74, 6) is -2.74. The highest BCUT2D eigenvalue weighted by molar-refractivity contribution is 7.90. The highest BCUT2D eigenvalue weighted by Gasteiger charge is 2.85. The summed E-state index contributed by atoms with van der Waals surface area (Å²) in [4.78, 5) is 76.0. The van der Waals surface area contributed by atoms with Gasteiger partial charge in [-0.1, -0.05) is 87.1 Å². The number of sulfonamides is 1. The van der Waals surface area contributed by atoms with Crippen LogP contribution < -0.4 is 20.7 Å². The standard InChI is InChI=1S/C44H72N6O7S/c1-10-29-25-44(29,39(55)48-58(56,57)30(11-2)12-3)47-36(52)32-26-43(41(8,9)42(43)22-18-23-42)27-50(32)38(54)34(40(5,6)7)46-37(53)33(28-19-15-14-16-20-28)45-35(51)31-21-17-24-49(31)13-4/h10,28-34H,1,11-27H2,2-9H3,(H,45,51)(H,46,53)(H,47,52)(H,48,55)/t29-,31+,32+,33+,34-,43-,44-/m1/s1. The molecule has 0 aromatic heterocycles. The van der Waals surface area contributed by atoms with Gasteiger partial charge in [-0.15, -0.1) is 6.58 Å². The molecule has 0 aromatic carbocycles. The molecule has 2 heterocycles. The second-order valence-electron chi connectivity index (χ2n) is 20.2. The molecule has 2 aliphatic heterocycles. The maximum atomic E-state index is 15.2. The van der Waals surface area contributed by atoms with Crippen LogP contribution in [0.4, 0.5) is 0 Å². The first kappa shape index (κ1) is 44.5. The first-order chi connectivity index (χ1) is 27.2. The van der Waals surface area contributed by atoms with Crippen molar-refractivity contribution >= 4 is 39.6 Å². The Kier molecular flexibility index (Phi) is 12.4. The predicted molar refractivity (Wildman–Crippen MR) is 223 cm³/mol. The molecule has 2 saturated heterocycles. The number of fused-ring (bicyclic) bond motifs is 1. The van der Waals surface area contributed by atoms with Crippen molar-refractivity contribution in [3.05, 3.63) is 12.7 Å².